The molecule has 1 atom stereocenters. The monoisotopic (exact) mass is 425 g/mol. The summed E-state index contributed by atoms with van der Waals surface area (Å²) in [4.78, 5) is 29.9. The molecule has 0 unspecified atom stereocenters. The van der Waals surface area contributed by atoms with Crippen LogP contribution in [0, 0.1) is 0 Å². The maximum atomic E-state index is 12.8. The van der Waals surface area contributed by atoms with E-state index in [0.717, 1.165) is 36.2 Å². The van der Waals surface area contributed by atoms with Gasteiger partial charge in [0, 0.05) is 49.9 Å². The Balaban J connectivity index is 1.63. The van der Waals surface area contributed by atoms with Gasteiger partial charge in [-0.3, -0.25) is 4.79 Å². The Labute approximate surface area is 180 Å². The average molecular weight is 426 g/mol. The van der Waals surface area contributed by atoms with Gasteiger partial charge in [-0.05, 0) is 30.5 Å². The second kappa shape index (κ2) is 8.79. The van der Waals surface area contributed by atoms with Crippen LogP contribution in [0.25, 0.3) is 11.1 Å². The minimum atomic E-state index is 0.0418. The van der Waals surface area contributed by atoms with E-state index in [1.54, 1.807) is 11.0 Å². The number of hydrogen-bond donors (Lipinski definition) is 0. The lowest BCUT2D eigenvalue weighted by Crippen LogP contribution is -2.41. The average Bonchev–Trinajstić information content (AvgIpc) is 3.27. The number of amides is 1. The molecule has 156 valence electrons. The van der Waals surface area contributed by atoms with Gasteiger partial charge in [-0.25, -0.2) is 19.6 Å². The molecule has 3 aromatic rings. The molecule has 3 heterocycles. The van der Waals surface area contributed by atoms with Crippen LogP contribution in [0.2, 0.25) is 5.02 Å². The summed E-state index contributed by atoms with van der Waals surface area (Å²) in [6, 6.07) is 7.71. The Kier molecular flexibility index (Phi) is 5.94. The topological polar surface area (TPSA) is 80.0 Å². The predicted molar refractivity (Wildman–Crippen MR) is 115 cm³/mol. The van der Waals surface area contributed by atoms with E-state index in [2.05, 4.69) is 15.1 Å². The van der Waals surface area contributed by atoms with Gasteiger partial charge in [0.05, 0.1) is 5.69 Å². The van der Waals surface area contributed by atoms with Crippen LogP contribution in [-0.4, -0.2) is 62.7 Å². The molecular formula is C21H24ClN7O. The number of nitrogens with zero attached hydrogens (tertiary/aromatic N) is 7. The van der Waals surface area contributed by atoms with E-state index in [4.69, 9.17) is 16.6 Å². The number of piperidine rings is 1. The van der Waals surface area contributed by atoms with Gasteiger partial charge in [-0.15, -0.1) is 0 Å². The lowest BCUT2D eigenvalue weighted by molar-refractivity contribution is -0.133. The van der Waals surface area contributed by atoms with E-state index >= 15 is 0 Å². The summed E-state index contributed by atoms with van der Waals surface area (Å²) < 4.78 is 1.56. The highest BCUT2D eigenvalue weighted by Crippen LogP contribution is 2.34. The number of benzene rings is 1. The maximum Gasteiger partial charge on any atom is 0.244 e. The zero-order valence-electron chi connectivity index (χ0n) is 17.1. The van der Waals surface area contributed by atoms with Crippen molar-refractivity contribution in [2.24, 2.45) is 0 Å². The zero-order valence-corrected chi connectivity index (χ0v) is 17.8. The summed E-state index contributed by atoms with van der Waals surface area (Å²) in [7, 11) is 3.85. The molecule has 0 spiro atoms. The molecule has 1 amide bonds. The van der Waals surface area contributed by atoms with Crippen molar-refractivity contribution in [2.45, 2.75) is 25.3 Å². The SMILES string of the molecule is CN(C)c1ncc(-c2ccc(Cl)cc2)c([C@H]2CCCN(C(=O)Cn3cncn3)C2)n1. The van der Waals surface area contributed by atoms with Crippen molar-refractivity contribution in [3.05, 3.63) is 53.8 Å². The zero-order chi connectivity index (χ0) is 21.1. The van der Waals surface area contributed by atoms with Gasteiger partial charge in [-0.1, -0.05) is 23.7 Å². The lowest BCUT2D eigenvalue weighted by atomic mass is 9.90. The van der Waals surface area contributed by atoms with E-state index < -0.39 is 0 Å². The Hall–Kier alpha value is -3.00. The van der Waals surface area contributed by atoms with Crippen LogP contribution >= 0.6 is 11.6 Å². The first-order chi connectivity index (χ1) is 14.5. The summed E-state index contributed by atoms with van der Waals surface area (Å²) >= 11 is 6.07. The maximum absolute atomic E-state index is 12.8. The van der Waals surface area contributed by atoms with Crippen LogP contribution < -0.4 is 4.90 Å². The van der Waals surface area contributed by atoms with Crippen molar-refractivity contribution in [2.75, 3.05) is 32.1 Å². The smallest absolute Gasteiger partial charge is 0.244 e. The first-order valence-electron chi connectivity index (χ1n) is 9.91. The van der Waals surface area contributed by atoms with Crippen molar-refractivity contribution in [3.8, 4) is 11.1 Å². The number of carbonyl (C=O) groups excluding carboxylic acids is 1. The molecule has 8 nitrogen and oxygen atoms in total. The van der Waals surface area contributed by atoms with Gasteiger partial charge in [0.15, 0.2) is 0 Å². The molecule has 0 aliphatic carbocycles. The van der Waals surface area contributed by atoms with E-state index in [1.807, 2.05) is 54.4 Å². The van der Waals surface area contributed by atoms with E-state index in [1.165, 1.54) is 6.33 Å². The summed E-state index contributed by atoms with van der Waals surface area (Å²) in [5.41, 5.74) is 2.97. The van der Waals surface area contributed by atoms with E-state index in [9.17, 15) is 4.79 Å². The third kappa shape index (κ3) is 4.43. The summed E-state index contributed by atoms with van der Waals surface area (Å²) in [5.74, 6) is 0.833. The lowest BCUT2D eigenvalue weighted by Gasteiger charge is -2.33. The molecule has 1 aliphatic rings. The van der Waals surface area contributed by atoms with Crippen molar-refractivity contribution in [1.82, 2.24) is 29.6 Å². The largest absolute Gasteiger partial charge is 0.347 e. The molecule has 4 rings (SSSR count). The fraction of sp³-hybridized carbons (Fsp3) is 0.381. The Morgan fingerprint density at radius 3 is 2.77 bits per heavy atom. The van der Waals surface area contributed by atoms with Gasteiger partial charge >= 0.3 is 0 Å². The molecule has 0 bridgehead atoms. The molecule has 1 aliphatic heterocycles. The third-order valence-corrected chi connectivity index (χ3v) is 5.54. The van der Waals surface area contributed by atoms with Gasteiger partial charge in [0.1, 0.15) is 19.2 Å². The number of halogens is 1. The second-order valence-corrected chi connectivity index (χ2v) is 8.08. The number of carbonyl (C=O) groups is 1. The first kappa shape index (κ1) is 20.3. The minimum Gasteiger partial charge on any atom is -0.347 e. The van der Waals surface area contributed by atoms with Gasteiger partial charge in [0.2, 0.25) is 11.9 Å². The third-order valence-electron chi connectivity index (χ3n) is 5.29. The van der Waals surface area contributed by atoms with Crippen LogP contribution in [0.4, 0.5) is 5.95 Å². The van der Waals surface area contributed by atoms with Gasteiger partial charge < -0.3 is 9.80 Å². The molecule has 30 heavy (non-hydrogen) atoms. The van der Waals surface area contributed by atoms with Crippen molar-refractivity contribution in [1.29, 1.82) is 0 Å². The van der Waals surface area contributed by atoms with Crippen LogP contribution in [0.3, 0.4) is 0 Å². The van der Waals surface area contributed by atoms with Gasteiger partial charge in [0.25, 0.3) is 0 Å². The molecule has 0 N–H and O–H groups in total. The predicted octanol–water partition coefficient (Wildman–Crippen LogP) is 2.86. The normalized spacial score (nSPS) is 16.5. The molecular weight excluding hydrogens is 402 g/mol. The van der Waals surface area contributed by atoms with E-state index in [0.29, 0.717) is 17.5 Å². The highest BCUT2D eigenvalue weighted by atomic mass is 35.5. The molecule has 1 aromatic carbocycles. The second-order valence-electron chi connectivity index (χ2n) is 7.64. The quantitative estimate of drug-likeness (QED) is 0.625. The Morgan fingerprint density at radius 1 is 1.27 bits per heavy atom. The Morgan fingerprint density at radius 2 is 2.07 bits per heavy atom. The first-order valence-corrected chi connectivity index (χ1v) is 10.3. The van der Waals surface area contributed by atoms with Crippen LogP contribution in [0.15, 0.2) is 43.1 Å². The molecule has 2 aromatic heterocycles. The number of anilines is 1. The molecule has 1 fully saturated rings. The molecule has 0 saturated carbocycles. The summed E-state index contributed by atoms with van der Waals surface area (Å²) in [6.45, 7) is 1.56. The Bertz CT molecular complexity index is 1000. The van der Waals surface area contributed by atoms with Crippen LogP contribution in [0.5, 0.6) is 0 Å². The summed E-state index contributed by atoms with van der Waals surface area (Å²) in [5, 5.41) is 4.73. The highest BCUT2D eigenvalue weighted by Gasteiger charge is 2.28. The fourth-order valence-corrected chi connectivity index (χ4v) is 3.87. The number of rotatable bonds is 5. The van der Waals surface area contributed by atoms with Crippen LogP contribution in [0.1, 0.15) is 24.5 Å². The standard InChI is InChI=1S/C21H24ClN7O/c1-27(2)21-24-10-18(15-5-7-17(22)8-6-15)20(26-21)16-4-3-9-28(11-16)19(30)12-29-14-23-13-25-29/h5-8,10,13-14,16H,3-4,9,11-12H2,1-2H3/t16-/m0/s1. The van der Waals surface area contributed by atoms with Crippen molar-refractivity contribution >= 4 is 23.5 Å². The summed E-state index contributed by atoms with van der Waals surface area (Å²) in [6.07, 6.45) is 6.77. The minimum absolute atomic E-state index is 0.0418. The fourth-order valence-electron chi connectivity index (χ4n) is 3.74. The van der Waals surface area contributed by atoms with Crippen molar-refractivity contribution < 1.29 is 4.79 Å². The number of aromatic nitrogens is 5. The molecule has 0 radical (unpaired) electrons. The molecule has 9 heteroatoms. The highest BCUT2D eigenvalue weighted by molar-refractivity contribution is 6.30. The van der Waals surface area contributed by atoms with Crippen molar-refractivity contribution in [3.63, 3.8) is 0 Å². The van der Waals surface area contributed by atoms with E-state index in [-0.39, 0.29) is 18.4 Å². The number of hydrogen-bond acceptors (Lipinski definition) is 6. The van der Waals surface area contributed by atoms with Crippen LogP contribution in [-0.2, 0) is 11.3 Å². The van der Waals surface area contributed by atoms with Gasteiger partial charge in [-0.2, -0.15) is 5.10 Å². The number of likely N-dealkylation sites (tertiary alicyclic amines) is 1. The molecule has 1 saturated heterocycles.